The van der Waals surface area contributed by atoms with Crippen molar-refractivity contribution in [1.82, 2.24) is 0 Å². The third-order valence-corrected chi connectivity index (χ3v) is 7.95. The fourth-order valence-corrected chi connectivity index (χ4v) is 5.26. The molecule has 0 saturated carbocycles. The topological polar surface area (TPSA) is 122 Å². The van der Waals surface area contributed by atoms with Gasteiger partial charge in [0.2, 0.25) is 5.91 Å². The fraction of sp³-hybridized carbons (Fsp3) is 0.606. The molecule has 0 radical (unpaired) electrons. The molecule has 1 heterocycles. The van der Waals surface area contributed by atoms with Crippen molar-refractivity contribution in [3.8, 4) is 23.0 Å². The summed E-state index contributed by atoms with van der Waals surface area (Å²) in [7, 11) is 3.31. The Labute approximate surface area is 251 Å². The molecule has 0 bridgehead atoms. The van der Waals surface area contributed by atoms with Crippen LogP contribution in [0.3, 0.4) is 0 Å². The van der Waals surface area contributed by atoms with E-state index in [1.165, 1.54) is 0 Å². The molecule has 0 spiro atoms. The predicted molar refractivity (Wildman–Crippen MR) is 165 cm³/mol. The van der Waals surface area contributed by atoms with E-state index in [0.717, 1.165) is 18.4 Å². The second-order valence-electron chi connectivity index (χ2n) is 11.8. The standard InChI is InChI=1S/C33H50N2O7/c1-21(2)24(17-23-11-12-29(39-6)31(18-23)40-14-8-13-38-5)19-26(34)28(36)20-25(22(3)4)33(37)35-27-9-7-10-30-32(27)42-16-15-41-30/h7,9-12,18,21-22,24-26,28,36H,8,13-17,19-20,34H2,1-6H3,(H,35,37). The Hall–Kier alpha value is -3.01. The summed E-state index contributed by atoms with van der Waals surface area (Å²) in [6, 6.07) is 11.0. The average Bonchev–Trinajstić information content (AvgIpc) is 2.97. The molecule has 9 nitrogen and oxygen atoms in total. The van der Waals surface area contributed by atoms with Gasteiger partial charge >= 0.3 is 0 Å². The highest BCUT2D eigenvalue weighted by Gasteiger charge is 2.31. The predicted octanol–water partition coefficient (Wildman–Crippen LogP) is 5.08. The highest BCUT2D eigenvalue weighted by Crippen LogP contribution is 2.38. The van der Waals surface area contributed by atoms with E-state index in [-0.39, 0.29) is 24.2 Å². The normalized spacial score (nSPS) is 15.7. The first-order chi connectivity index (χ1) is 20.1. The Morgan fingerprint density at radius 1 is 1.00 bits per heavy atom. The summed E-state index contributed by atoms with van der Waals surface area (Å²) in [5.74, 6) is 2.53. The summed E-state index contributed by atoms with van der Waals surface area (Å²) in [6.07, 6.45) is 1.63. The number of hydrogen-bond donors (Lipinski definition) is 3. The van der Waals surface area contributed by atoms with Gasteiger partial charge in [0.25, 0.3) is 0 Å². The number of aliphatic hydroxyl groups excluding tert-OH is 1. The molecule has 2 aromatic carbocycles. The summed E-state index contributed by atoms with van der Waals surface area (Å²) < 4.78 is 28.0. The monoisotopic (exact) mass is 586 g/mol. The van der Waals surface area contributed by atoms with Gasteiger partial charge < -0.3 is 39.8 Å². The summed E-state index contributed by atoms with van der Waals surface area (Å²) in [5, 5.41) is 14.2. The van der Waals surface area contributed by atoms with Gasteiger partial charge in [-0.05, 0) is 66.8 Å². The van der Waals surface area contributed by atoms with E-state index < -0.39 is 18.1 Å². The van der Waals surface area contributed by atoms with E-state index >= 15 is 0 Å². The Balaban J connectivity index is 1.63. The third kappa shape index (κ3) is 9.51. The Morgan fingerprint density at radius 3 is 2.45 bits per heavy atom. The average molecular weight is 587 g/mol. The van der Waals surface area contributed by atoms with Crippen LogP contribution in [0.15, 0.2) is 36.4 Å². The first-order valence-electron chi connectivity index (χ1n) is 15.1. The zero-order valence-electron chi connectivity index (χ0n) is 26.1. The van der Waals surface area contributed by atoms with E-state index in [1.54, 1.807) is 20.3 Å². The van der Waals surface area contributed by atoms with Gasteiger partial charge in [0.05, 0.1) is 25.5 Å². The van der Waals surface area contributed by atoms with Gasteiger partial charge in [-0.25, -0.2) is 0 Å². The van der Waals surface area contributed by atoms with E-state index in [9.17, 15) is 9.90 Å². The second-order valence-corrected chi connectivity index (χ2v) is 11.8. The molecular weight excluding hydrogens is 536 g/mol. The third-order valence-electron chi connectivity index (χ3n) is 7.95. The number of carbonyl (C=O) groups excluding carboxylic acids is 1. The van der Waals surface area contributed by atoms with E-state index in [0.29, 0.717) is 67.5 Å². The number of nitrogens with two attached hydrogens (primary N) is 1. The number of hydrogen-bond acceptors (Lipinski definition) is 8. The molecule has 42 heavy (non-hydrogen) atoms. The number of para-hydroxylation sites is 1. The van der Waals surface area contributed by atoms with E-state index in [1.807, 2.05) is 44.2 Å². The summed E-state index contributed by atoms with van der Waals surface area (Å²) in [6.45, 7) is 10.4. The number of rotatable bonds is 17. The van der Waals surface area contributed by atoms with Gasteiger partial charge in [0.1, 0.15) is 13.2 Å². The molecule has 3 rings (SSSR count). The van der Waals surface area contributed by atoms with Gasteiger partial charge in [-0.2, -0.15) is 0 Å². The van der Waals surface area contributed by atoms with Crippen LogP contribution >= 0.6 is 0 Å². The summed E-state index contributed by atoms with van der Waals surface area (Å²) in [5.41, 5.74) is 8.29. The van der Waals surface area contributed by atoms with Crippen LogP contribution in [0, 0.1) is 23.7 Å². The minimum absolute atomic E-state index is 0.00561. The van der Waals surface area contributed by atoms with Gasteiger partial charge in [0.15, 0.2) is 23.0 Å². The molecule has 0 aliphatic carbocycles. The van der Waals surface area contributed by atoms with Crippen molar-refractivity contribution >= 4 is 11.6 Å². The lowest BCUT2D eigenvalue weighted by atomic mass is 9.81. The Kier molecular flexibility index (Phi) is 13.2. The lowest BCUT2D eigenvalue weighted by molar-refractivity contribution is -0.122. The van der Waals surface area contributed by atoms with Crippen LogP contribution < -0.4 is 30.0 Å². The number of carbonyl (C=O) groups is 1. The van der Waals surface area contributed by atoms with Crippen LogP contribution in [0.4, 0.5) is 5.69 Å². The quantitative estimate of drug-likeness (QED) is 0.220. The van der Waals surface area contributed by atoms with Crippen LogP contribution in [0.5, 0.6) is 23.0 Å². The number of amides is 1. The molecule has 4 unspecified atom stereocenters. The first kappa shape index (κ1) is 33.5. The Morgan fingerprint density at radius 2 is 1.76 bits per heavy atom. The van der Waals surface area contributed by atoms with Gasteiger partial charge in [-0.1, -0.05) is 39.8 Å². The van der Waals surface area contributed by atoms with E-state index in [2.05, 4.69) is 19.2 Å². The van der Waals surface area contributed by atoms with Gasteiger partial charge in [0, 0.05) is 32.1 Å². The molecule has 4 atom stereocenters. The number of methoxy groups -OCH3 is 2. The molecule has 1 aliphatic heterocycles. The molecule has 234 valence electrons. The van der Waals surface area contributed by atoms with Crippen LogP contribution in [0.1, 0.15) is 52.5 Å². The summed E-state index contributed by atoms with van der Waals surface area (Å²) in [4.78, 5) is 13.4. The largest absolute Gasteiger partial charge is 0.493 e. The fourth-order valence-electron chi connectivity index (χ4n) is 5.26. The molecule has 4 N–H and O–H groups in total. The smallest absolute Gasteiger partial charge is 0.227 e. The first-order valence-corrected chi connectivity index (χ1v) is 15.1. The molecule has 1 amide bonds. The molecule has 0 fully saturated rings. The number of aliphatic hydroxyl groups is 1. The molecule has 1 aliphatic rings. The Bertz CT molecular complexity index is 1120. The minimum atomic E-state index is -0.829. The maximum absolute atomic E-state index is 13.4. The van der Waals surface area contributed by atoms with Crippen LogP contribution in [0.2, 0.25) is 0 Å². The molecule has 2 aromatic rings. The maximum Gasteiger partial charge on any atom is 0.227 e. The highest BCUT2D eigenvalue weighted by molar-refractivity contribution is 5.94. The van der Waals surface area contributed by atoms with Crippen molar-refractivity contribution in [2.45, 2.75) is 65.5 Å². The number of anilines is 1. The van der Waals surface area contributed by atoms with Crippen LogP contribution in [-0.4, -0.2) is 63.8 Å². The molecular formula is C33H50N2O7. The second kappa shape index (κ2) is 16.6. The minimum Gasteiger partial charge on any atom is -0.493 e. The van der Waals surface area contributed by atoms with Crippen molar-refractivity contribution in [1.29, 1.82) is 0 Å². The van der Waals surface area contributed by atoms with Crippen LogP contribution in [0.25, 0.3) is 0 Å². The number of ether oxygens (including phenoxy) is 5. The van der Waals surface area contributed by atoms with Gasteiger partial charge in [-0.15, -0.1) is 0 Å². The maximum atomic E-state index is 13.4. The van der Waals surface area contributed by atoms with Crippen molar-refractivity contribution < 1.29 is 33.6 Å². The van der Waals surface area contributed by atoms with Crippen LogP contribution in [-0.2, 0) is 16.0 Å². The van der Waals surface area contributed by atoms with Gasteiger partial charge in [-0.3, -0.25) is 4.79 Å². The highest BCUT2D eigenvalue weighted by atomic mass is 16.6. The SMILES string of the molecule is COCCCOc1cc(CC(CC(N)C(O)CC(C(=O)Nc2cccc3c2OCCO3)C(C)C)C(C)C)ccc1OC. The number of fused-ring (bicyclic) bond motifs is 1. The molecule has 0 aromatic heterocycles. The number of benzene rings is 2. The molecule has 0 saturated heterocycles. The summed E-state index contributed by atoms with van der Waals surface area (Å²) >= 11 is 0. The van der Waals surface area contributed by atoms with Crippen molar-refractivity contribution in [3.63, 3.8) is 0 Å². The zero-order chi connectivity index (χ0) is 30.6. The van der Waals surface area contributed by atoms with Crippen molar-refractivity contribution in [2.24, 2.45) is 29.4 Å². The molecule has 9 heteroatoms. The lowest BCUT2D eigenvalue weighted by Crippen LogP contribution is -2.41. The number of nitrogens with one attached hydrogen (secondary N) is 1. The van der Waals surface area contributed by atoms with Crippen molar-refractivity contribution in [2.75, 3.05) is 46.0 Å². The van der Waals surface area contributed by atoms with E-state index in [4.69, 9.17) is 29.4 Å². The zero-order valence-corrected chi connectivity index (χ0v) is 26.1. The lowest BCUT2D eigenvalue weighted by Gasteiger charge is -2.30. The van der Waals surface area contributed by atoms with Crippen molar-refractivity contribution in [3.05, 3.63) is 42.0 Å².